The Labute approximate surface area is 157 Å². The number of methoxy groups -OCH3 is 3. The largest absolute Gasteiger partial charge is 0.493 e. The molecule has 2 N–H and O–H groups in total. The van der Waals surface area contributed by atoms with E-state index in [1.54, 1.807) is 12.1 Å². The molecule has 8 nitrogen and oxygen atoms in total. The topological polar surface area (TPSA) is 87.3 Å². The second-order valence-electron chi connectivity index (χ2n) is 5.73. The number of carbonyl (C=O) groups is 1. The summed E-state index contributed by atoms with van der Waals surface area (Å²) < 4.78 is 26.5. The first-order valence-electron chi connectivity index (χ1n) is 8.38. The van der Waals surface area contributed by atoms with Crippen LogP contribution < -0.4 is 34.3 Å². The minimum atomic E-state index is -0.329. The molecule has 0 unspecified atom stereocenters. The van der Waals surface area contributed by atoms with Crippen molar-refractivity contribution in [3.05, 3.63) is 35.9 Å². The zero-order valence-electron chi connectivity index (χ0n) is 15.5. The maximum atomic E-state index is 12.2. The van der Waals surface area contributed by atoms with Gasteiger partial charge in [-0.25, -0.2) is 4.79 Å². The molecule has 8 heteroatoms. The fourth-order valence-electron chi connectivity index (χ4n) is 2.75. The summed E-state index contributed by atoms with van der Waals surface area (Å²) >= 11 is 0. The second-order valence-corrected chi connectivity index (χ2v) is 5.73. The molecule has 2 aromatic rings. The van der Waals surface area contributed by atoms with Crippen LogP contribution in [0.5, 0.6) is 28.7 Å². The number of ether oxygens (including phenoxy) is 5. The van der Waals surface area contributed by atoms with E-state index in [0.717, 1.165) is 17.1 Å². The van der Waals surface area contributed by atoms with Crippen molar-refractivity contribution in [3.63, 3.8) is 0 Å². The Morgan fingerprint density at radius 3 is 2.37 bits per heavy atom. The Balaban J connectivity index is 1.56. The van der Waals surface area contributed by atoms with Crippen LogP contribution in [0.3, 0.4) is 0 Å². The molecule has 0 saturated heterocycles. The van der Waals surface area contributed by atoms with Crippen LogP contribution in [0.1, 0.15) is 5.56 Å². The summed E-state index contributed by atoms with van der Waals surface area (Å²) in [7, 11) is 4.56. The first-order valence-corrected chi connectivity index (χ1v) is 8.38. The van der Waals surface area contributed by atoms with Crippen LogP contribution >= 0.6 is 0 Å². The molecule has 2 amide bonds. The number of anilines is 1. The molecule has 0 aliphatic carbocycles. The number of amides is 2. The number of rotatable bonds is 7. The van der Waals surface area contributed by atoms with Crippen LogP contribution in [0.15, 0.2) is 30.3 Å². The molecule has 144 valence electrons. The molecule has 2 aromatic carbocycles. The number of urea groups is 1. The van der Waals surface area contributed by atoms with Crippen LogP contribution in [0, 0.1) is 0 Å². The first-order chi connectivity index (χ1) is 13.1. The van der Waals surface area contributed by atoms with Crippen molar-refractivity contribution in [2.24, 2.45) is 0 Å². The van der Waals surface area contributed by atoms with Gasteiger partial charge in [-0.05, 0) is 24.1 Å². The number of nitrogens with one attached hydrogen (secondary N) is 2. The summed E-state index contributed by atoms with van der Waals surface area (Å²) in [4.78, 5) is 12.2. The van der Waals surface area contributed by atoms with Gasteiger partial charge in [-0.2, -0.15) is 0 Å². The standard InChI is InChI=1S/C19H22N2O6/c1-23-16-9-13(10-17(24-2)18(16)25-3)21-19(22)20-7-6-12-4-5-14-15(8-12)27-11-26-14/h4-5,8-10H,6-7,11H2,1-3H3,(H2,20,21,22). The third kappa shape index (κ3) is 4.28. The van der Waals surface area contributed by atoms with Gasteiger partial charge in [0.25, 0.3) is 0 Å². The number of hydrogen-bond donors (Lipinski definition) is 2. The van der Waals surface area contributed by atoms with E-state index in [-0.39, 0.29) is 12.8 Å². The van der Waals surface area contributed by atoms with Gasteiger partial charge >= 0.3 is 6.03 Å². The summed E-state index contributed by atoms with van der Waals surface area (Å²) in [6.07, 6.45) is 0.666. The van der Waals surface area contributed by atoms with Gasteiger partial charge in [-0.1, -0.05) is 6.07 Å². The van der Waals surface area contributed by atoms with Gasteiger partial charge in [0.15, 0.2) is 23.0 Å². The Morgan fingerprint density at radius 2 is 1.70 bits per heavy atom. The average molecular weight is 374 g/mol. The van der Waals surface area contributed by atoms with Gasteiger partial charge in [0.1, 0.15) is 0 Å². The van der Waals surface area contributed by atoms with Crippen molar-refractivity contribution in [3.8, 4) is 28.7 Å². The molecule has 0 atom stereocenters. The van der Waals surface area contributed by atoms with Crippen LogP contribution in [-0.4, -0.2) is 40.7 Å². The summed E-state index contributed by atoms with van der Waals surface area (Å²) in [6.45, 7) is 0.712. The van der Waals surface area contributed by atoms with E-state index in [2.05, 4.69) is 10.6 Å². The first kappa shape index (κ1) is 18.5. The lowest BCUT2D eigenvalue weighted by Gasteiger charge is -2.15. The van der Waals surface area contributed by atoms with Gasteiger partial charge in [0.05, 0.1) is 27.0 Å². The lowest BCUT2D eigenvalue weighted by atomic mass is 10.1. The molecule has 0 saturated carbocycles. The van der Waals surface area contributed by atoms with E-state index in [4.69, 9.17) is 23.7 Å². The Morgan fingerprint density at radius 1 is 1.00 bits per heavy atom. The van der Waals surface area contributed by atoms with E-state index >= 15 is 0 Å². The lowest BCUT2D eigenvalue weighted by Crippen LogP contribution is -2.30. The summed E-state index contributed by atoms with van der Waals surface area (Å²) in [5.74, 6) is 2.87. The van der Waals surface area contributed by atoms with Gasteiger partial charge in [-0.15, -0.1) is 0 Å². The number of fused-ring (bicyclic) bond motifs is 1. The predicted molar refractivity (Wildman–Crippen MR) is 99.4 cm³/mol. The monoisotopic (exact) mass is 374 g/mol. The molecule has 0 bridgehead atoms. The summed E-state index contributed by atoms with van der Waals surface area (Å²) in [5.41, 5.74) is 1.58. The van der Waals surface area contributed by atoms with Gasteiger partial charge in [0.2, 0.25) is 12.5 Å². The minimum Gasteiger partial charge on any atom is -0.493 e. The second kappa shape index (κ2) is 8.39. The molecule has 0 spiro atoms. The smallest absolute Gasteiger partial charge is 0.319 e. The molecule has 27 heavy (non-hydrogen) atoms. The average Bonchev–Trinajstić information content (AvgIpc) is 3.15. The van der Waals surface area contributed by atoms with Crippen molar-refractivity contribution in [2.45, 2.75) is 6.42 Å². The highest BCUT2D eigenvalue weighted by atomic mass is 16.7. The highest BCUT2D eigenvalue weighted by Crippen LogP contribution is 2.39. The Hall–Kier alpha value is -3.29. The molecule has 0 aromatic heterocycles. The molecular weight excluding hydrogens is 352 g/mol. The van der Waals surface area contributed by atoms with Crippen molar-refractivity contribution in [1.29, 1.82) is 0 Å². The molecule has 1 aliphatic rings. The molecule has 0 radical (unpaired) electrons. The normalized spacial score (nSPS) is 11.7. The summed E-state index contributed by atoms with van der Waals surface area (Å²) in [5, 5.41) is 5.58. The van der Waals surface area contributed by atoms with E-state index in [1.807, 2.05) is 18.2 Å². The summed E-state index contributed by atoms with van der Waals surface area (Å²) in [6, 6.07) is 8.74. The third-order valence-electron chi connectivity index (χ3n) is 4.06. The highest BCUT2D eigenvalue weighted by molar-refractivity contribution is 5.90. The van der Waals surface area contributed by atoms with Crippen molar-refractivity contribution < 1.29 is 28.5 Å². The Bertz CT molecular complexity index is 799. The van der Waals surface area contributed by atoms with E-state index in [1.165, 1.54) is 21.3 Å². The number of benzene rings is 2. The maximum Gasteiger partial charge on any atom is 0.319 e. The van der Waals surface area contributed by atoms with Gasteiger partial charge in [-0.3, -0.25) is 0 Å². The molecule has 0 fully saturated rings. The Kier molecular flexibility index (Phi) is 5.75. The predicted octanol–water partition coefficient (Wildman–Crippen LogP) is 2.81. The fraction of sp³-hybridized carbons (Fsp3) is 0.316. The maximum absolute atomic E-state index is 12.2. The van der Waals surface area contributed by atoms with Gasteiger partial charge in [0, 0.05) is 18.7 Å². The number of carbonyl (C=O) groups excluding carboxylic acids is 1. The van der Waals surface area contributed by atoms with Gasteiger partial charge < -0.3 is 34.3 Å². The third-order valence-corrected chi connectivity index (χ3v) is 4.06. The van der Waals surface area contributed by atoms with Crippen LogP contribution in [-0.2, 0) is 6.42 Å². The van der Waals surface area contributed by atoms with E-state index in [0.29, 0.717) is 35.9 Å². The minimum absolute atomic E-state index is 0.244. The number of hydrogen-bond acceptors (Lipinski definition) is 6. The van der Waals surface area contributed by atoms with E-state index < -0.39 is 0 Å². The SMILES string of the molecule is COc1cc(NC(=O)NCCc2ccc3c(c2)OCO3)cc(OC)c1OC. The van der Waals surface area contributed by atoms with Crippen LogP contribution in [0.25, 0.3) is 0 Å². The quantitative estimate of drug-likeness (QED) is 0.775. The van der Waals surface area contributed by atoms with Crippen LogP contribution in [0.2, 0.25) is 0 Å². The zero-order chi connectivity index (χ0) is 19.2. The van der Waals surface area contributed by atoms with E-state index in [9.17, 15) is 4.79 Å². The zero-order valence-corrected chi connectivity index (χ0v) is 15.5. The van der Waals surface area contributed by atoms with Crippen molar-refractivity contribution >= 4 is 11.7 Å². The van der Waals surface area contributed by atoms with Crippen LogP contribution in [0.4, 0.5) is 10.5 Å². The fourth-order valence-corrected chi connectivity index (χ4v) is 2.75. The molecular formula is C19H22N2O6. The molecule has 3 rings (SSSR count). The highest BCUT2D eigenvalue weighted by Gasteiger charge is 2.15. The van der Waals surface area contributed by atoms with Crippen molar-refractivity contribution in [1.82, 2.24) is 5.32 Å². The van der Waals surface area contributed by atoms with Crippen molar-refractivity contribution in [2.75, 3.05) is 40.0 Å². The molecule has 1 heterocycles. The molecule has 1 aliphatic heterocycles. The lowest BCUT2D eigenvalue weighted by molar-refractivity contribution is 0.174.